The lowest BCUT2D eigenvalue weighted by atomic mass is 9.97. The van der Waals surface area contributed by atoms with Crippen LogP contribution in [0.3, 0.4) is 0 Å². The molecule has 1 amide bonds. The number of methoxy groups -OCH3 is 1. The number of fused-ring (bicyclic) bond motifs is 1. The second kappa shape index (κ2) is 7.82. The molecule has 2 aromatic heterocycles. The first-order chi connectivity index (χ1) is 12.5. The zero-order chi connectivity index (χ0) is 18.7. The fraction of sp³-hybridized carbons (Fsp3) is 0.556. The molecule has 8 nitrogen and oxygen atoms in total. The second-order valence-corrected chi connectivity index (χ2v) is 6.62. The SMILES string of the molecule is COCCNC(=O)Cn1c(-n2nc(C)cc2C)nc2c(c1=O)CCCC2. The Morgan fingerprint density at radius 3 is 2.77 bits per heavy atom. The number of nitrogens with zero attached hydrogens (tertiary/aromatic N) is 4. The standard InChI is InChI=1S/C18H25N5O3/c1-12-10-13(2)23(21-12)18-20-15-7-5-4-6-14(15)17(25)22(18)11-16(24)19-8-9-26-3/h10H,4-9,11H2,1-3H3,(H,19,24). The van der Waals surface area contributed by atoms with Crippen LogP contribution in [-0.2, 0) is 28.9 Å². The molecule has 26 heavy (non-hydrogen) atoms. The molecule has 3 rings (SSSR count). The number of aromatic nitrogens is 4. The second-order valence-electron chi connectivity index (χ2n) is 6.62. The fourth-order valence-corrected chi connectivity index (χ4v) is 3.31. The molecular formula is C18H25N5O3. The van der Waals surface area contributed by atoms with Gasteiger partial charge in [0, 0.05) is 24.9 Å². The minimum absolute atomic E-state index is 0.0868. The average molecular weight is 359 g/mol. The van der Waals surface area contributed by atoms with Gasteiger partial charge in [-0.1, -0.05) is 0 Å². The first-order valence-electron chi connectivity index (χ1n) is 8.93. The van der Waals surface area contributed by atoms with E-state index in [1.165, 1.54) is 4.57 Å². The Morgan fingerprint density at radius 1 is 1.31 bits per heavy atom. The van der Waals surface area contributed by atoms with Gasteiger partial charge in [-0.2, -0.15) is 5.10 Å². The lowest BCUT2D eigenvalue weighted by Gasteiger charge is -2.20. The lowest BCUT2D eigenvalue weighted by Crippen LogP contribution is -2.38. The number of hydrogen-bond donors (Lipinski definition) is 1. The van der Waals surface area contributed by atoms with Crippen LogP contribution in [0.15, 0.2) is 10.9 Å². The molecule has 0 saturated carbocycles. The highest BCUT2D eigenvalue weighted by Gasteiger charge is 2.22. The third-order valence-electron chi connectivity index (χ3n) is 4.55. The molecule has 1 aliphatic carbocycles. The topological polar surface area (TPSA) is 91.0 Å². The Bertz CT molecular complexity index is 868. The van der Waals surface area contributed by atoms with Gasteiger partial charge in [-0.3, -0.25) is 14.2 Å². The maximum absolute atomic E-state index is 13.1. The Morgan fingerprint density at radius 2 is 2.08 bits per heavy atom. The van der Waals surface area contributed by atoms with Gasteiger partial charge in [0.25, 0.3) is 5.56 Å². The normalized spacial score (nSPS) is 13.5. The van der Waals surface area contributed by atoms with Crippen LogP contribution in [0, 0.1) is 13.8 Å². The molecular weight excluding hydrogens is 334 g/mol. The van der Waals surface area contributed by atoms with Gasteiger partial charge in [0.15, 0.2) is 0 Å². The molecule has 0 spiro atoms. The number of hydrogen-bond acceptors (Lipinski definition) is 5. The highest BCUT2D eigenvalue weighted by Crippen LogP contribution is 2.18. The van der Waals surface area contributed by atoms with Gasteiger partial charge in [0.2, 0.25) is 11.9 Å². The summed E-state index contributed by atoms with van der Waals surface area (Å²) in [6.45, 7) is 4.54. The summed E-state index contributed by atoms with van der Waals surface area (Å²) in [5.41, 5.74) is 3.13. The molecule has 140 valence electrons. The molecule has 0 radical (unpaired) electrons. The van der Waals surface area contributed by atoms with Crippen molar-refractivity contribution in [3.63, 3.8) is 0 Å². The van der Waals surface area contributed by atoms with Gasteiger partial charge in [0.1, 0.15) is 6.54 Å². The van der Waals surface area contributed by atoms with E-state index in [2.05, 4.69) is 10.4 Å². The first-order valence-corrected chi connectivity index (χ1v) is 8.93. The molecule has 2 heterocycles. The van der Waals surface area contributed by atoms with E-state index >= 15 is 0 Å². The summed E-state index contributed by atoms with van der Waals surface area (Å²) in [4.78, 5) is 30.1. The van der Waals surface area contributed by atoms with Crippen molar-refractivity contribution in [2.45, 2.75) is 46.1 Å². The van der Waals surface area contributed by atoms with E-state index in [9.17, 15) is 9.59 Å². The van der Waals surface area contributed by atoms with Gasteiger partial charge in [-0.05, 0) is 45.6 Å². The molecule has 0 fully saturated rings. The summed E-state index contributed by atoms with van der Waals surface area (Å²) in [6, 6.07) is 1.93. The van der Waals surface area contributed by atoms with Crippen molar-refractivity contribution >= 4 is 5.91 Å². The van der Waals surface area contributed by atoms with Gasteiger partial charge >= 0.3 is 0 Å². The van der Waals surface area contributed by atoms with E-state index in [1.54, 1.807) is 11.8 Å². The average Bonchev–Trinajstić information content (AvgIpc) is 2.95. The number of ether oxygens (including phenoxy) is 1. The smallest absolute Gasteiger partial charge is 0.258 e. The van der Waals surface area contributed by atoms with Crippen LogP contribution in [0.5, 0.6) is 0 Å². The number of nitrogens with one attached hydrogen (secondary N) is 1. The maximum Gasteiger partial charge on any atom is 0.258 e. The van der Waals surface area contributed by atoms with Crippen LogP contribution in [0.1, 0.15) is 35.5 Å². The Hall–Kier alpha value is -2.48. The van der Waals surface area contributed by atoms with Crippen LogP contribution in [-0.4, -0.2) is 45.5 Å². The van der Waals surface area contributed by atoms with Crippen molar-refractivity contribution in [2.75, 3.05) is 20.3 Å². The minimum atomic E-state index is -0.246. The van der Waals surface area contributed by atoms with Crippen molar-refractivity contribution < 1.29 is 9.53 Å². The van der Waals surface area contributed by atoms with Crippen LogP contribution in [0.25, 0.3) is 5.95 Å². The van der Waals surface area contributed by atoms with E-state index in [0.29, 0.717) is 25.5 Å². The molecule has 2 aromatic rings. The zero-order valence-corrected chi connectivity index (χ0v) is 15.5. The summed E-state index contributed by atoms with van der Waals surface area (Å²) in [5, 5.41) is 7.21. The predicted octanol–water partition coefficient (Wildman–Crippen LogP) is 0.687. The van der Waals surface area contributed by atoms with Gasteiger partial charge in [-0.15, -0.1) is 0 Å². The zero-order valence-electron chi connectivity index (χ0n) is 15.5. The third kappa shape index (κ3) is 3.70. The molecule has 0 aromatic carbocycles. The third-order valence-corrected chi connectivity index (χ3v) is 4.55. The molecule has 0 atom stereocenters. The molecule has 1 N–H and O–H groups in total. The van der Waals surface area contributed by atoms with Crippen molar-refractivity contribution in [3.8, 4) is 5.95 Å². The van der Waals surface area contributed by atoms with E-state index in [4.69, 9.17) is 9.72 Å². The van der Waals surface area contributed by atoms with E-state index in [-0.39, 0.29) is 18.0 Å². The molecule has 0 saturated heterocycles. The number of amides is 1. The Balaban J connectivity index is 2.04. The fourth-order valence-electron chi connectivity index (χ4n) is 3.31. The molecule has 8 heteroatoms. The Kier molecular flexibility index (Phi) is 5.51. The summed E-state index contributed by atoms with van der Waals surface area (Å²) < 4.78 is 8.03. The van der Waals surface area contributed by atoms with Gasteiger partial charge < -0.3 is 10.1 Å². The lowest BCUT2D eigenvalue weighted by molar-refractivity contribution is -0.121. The van der Waals surface area contributed by atoms with Crippen LogP contribution < -0.4 is 10.9 Å². The van der Waals surface area contributed by atoms with Crippen LogP contribution >= 0.6 is 0 Å². The summed E-state index contributed by atoms with van der Waals surface area (Å²) in [6.07, 6.45) is 3.50. The largest absolute Gasteiger partial charge is 0.383 e. The molecule has 1 aliphatic rings. The van der Waals surface area contributed by atoms with Crippen molar-refractivity contribution in [1.82, 2.24) is 24.6 Å². The van der Waals surface area contributed by atoms with Gasteiger partial charge in [-0.25, -0.2) is 9.67 Å². The monoisotopic (exact) mass is 359 g/mol. The van der Waals surface area contributed by atoms with Crippen molar-refractivity contribution in [1.29, 1.82) is 0 Å². The number of carbonyl (C=O) groups excluding carboxylic acids is 1. The number of rotatable bonds is 6. The van der Waals surface area contributed by atoms with E-state index in [1.807, 2.05) is 19.9 Å². The predicted molar refractivity (Wildman–Crippen MR) is 96.6 cm³/mol. The molecule has 0 unspecified atom stereocenters. The highest BCUT2D eigenvalue weighted by atomic mass is 16.5. The highest BCUT2D eigenvalue weighted by molar-refractivity contribution is 5.75. The van der Waals surface area contributed by atoms with Crippen molar-refractivity contribution in [3.05, 3.63) is 39.1 Å². The molecule has 0 aliphatic heterocycles. The number of aryl methyl sites for hydroxylation is 3. The molecule has 0 bridgehead atoms. The van der Waals surface area contributed by atoms with Crippen molar-refractivity contribution in [2.24, 2.45) is 0 Å². The summed E-state index contributed by atoms with van der Waals surface area (Å²) >= 11 is 0. The maximum atomic E-state index is 13.1. The minimum Gasteiger partial charge on any atom is -0.383 e. The van der Waals surface area contributed by atoms with Crippen LogP contribution in [0.4, 0.5) is 0 Å². The van der Waals surface area contributed by atoms with Gasteiger partial charge in [0.05, 0.1) is 18.0 Å². The first kappa shape index (κ1) is 18.3. The summed E-state index contributed by atoms with van der Waals surface area (Å²) in [5.74, 6) is 0.160. The van der Waals surface area contributed by atoms with E-state index in [0.717, 1.165) is 41.9 Å². The Labute approximate surface area is 152 Å². The summed E-state index contributed by atoms with van der Waals surface area (Å²) in [7, 11) is 1.57. The van der Waals surface area contributed by atoms with E-state index < -0.39 is 0 Å². The quantitative estimate of drug-likeness (QED) is 0.766. The van der Waals surface area contributed by atoms with Crippen LogP contribution in [0.2, 0.25) is 0 Å². The number of carbonyl (C=O) groups is 1.